The highest BCUT2D eigenvalue weighted by atomic mass is 32.1. The molecule has 0 nitrogen and oxygen atoms in total. The number of benzene rings is 2. The monoisotopic (exact) mass is 270 g/mol. The van der Waals surface area contributed by atoms with Gasteiger partial charge < -0.3 is 0 Å². The Labute approximate surface area is 113 Å². The van der Waals surface area contributed by atoms with Gasteiger partial charge in [0, 0.05) is 20.2 Å². The van der Waals surface area contributed by atoms with Gasteiger partial charge in [-0.2, -0.15) is 0 Å². The molecule has 1 aromatic heterocycles. The van der Waals surface area contributed by atoms with Crippen molar-refractivity contribution in [1.82, 2.24) is 0 Å². The van der Waals surface area contributed by atoms with Crippen LogP contribution in [0.4, 0.5) is 0 Å². The molecule has 0 atom stereocenters. The van der Waals surface area contributed by atoms with E-state index in [9.17, 15) is 0 Å². The van der Waals surface area contributed by atoms with E-state index in [4.69, 9.17) is 0 Å². The van der Waals surface area contributed by atoms with Crippen molar-refractivity contribution in [3.8, 4) is 0 Å². The summed E-state index contributed by atoms with van der Waals surface area (Å²) < 4.78 is 2.93. The Morgan fingerprint density at radius 3 is 2.44 bits per heavy atom. The highest BCUT2D eigenvalue weighted by Crippen LogP contribution is 2.34. The zero-order chi connectivity index (χ0) is 12.9. The predicted molar refractivity (Wildman–Crippen MR) is 87.0 cm³/mol. The van der Waals surface area contributed by atoms with Crippen LogP contribution in [-0.4, -0.2) is 8.07 Å². The lowest BCUT2D eigenvalue weighted by Crippen LogP contribution is -2.37. The maximum atomic E-state index is 2.43. The Morgan fingerprint density at radius 2 is 1.72 bits per heavy atom. The molecule has 1 heterocycles. The van der Waals surface area contributed by atoms with Crippen LogP contribution in [0.15, 0.2) is 36.4 Å². The van der Waals surface area contributed by atoms with Gasteiger partial charge in [-0.25, -0.2) is 0 Å². The number of thiophene rings is 1. The summed E-state index contributed by atoms with van der Waals surface area (Å²) in [6.45, 7) is 9.46. The predicted octanol–water partition coefficient (Wildman–Crippen LogP) is 4.91. The van der Waals surface area contributed by atoms with Crippen LogP contribution in [0.2, 0.25) is 19.6 Å². The van der Waals surface area contributed by atoms with Crippen LogP contribution in [0.5, 0.6) is 0 Å². The third kappa shape index (κ3) is 1.80. The smallest absolute Gasteiger partial charge is 0.0794 e. The number of fused-ring (bicyclic) bond motifs is 3. The molecule has 0 aliphatic carbocycles. The van der Waals surface area contributed by atoms with Crippen LogP contribution in [0.1, 0.15) is 5.56 Å². The summed E-state index contributed by atoms with van der Waals surface area (Å²) in [6.07, 6.45) is 0. The zero-order valence-corrected chi connectivity index (χ0v) is 13.2. The van der Waals surface area contributed by atoms with Gasteiger partial charge in [0.1, 0.15) is 0 Å². The lowest BCUT2D eigenvalue weighted by Gasteiger charge is -2.17. The molecule has 18 heavy (non-hydrogen) atoms. The van der Waals surface area contributed by atoms with Crippen LogP contribution in [0.25, 0.3) is 20.2 Å². The molecule has 2 aromatic carbocycles. The minimum atomic E-state index is -1.26. The van der Waals surface area contributed by atoms with Crippen molar-refractivity contribution in [3.05, 3.63) is 42.0 Å². The summed E-state index contributed by atoms with van der Waals surface area (Å²) in [4.78, 5) is 0. The molecule has 3 rings (SSSR count). The molecule has 2 heteroatoms. The second-order valence-corrected chi connectivity index (χ2v) is 12.1. The standard InChI is InChI=1S/C16H18SSi/c1-11-8-9-14-13(10-11)12-6-5-7-15(16(12)17-14)18(2,3)4/h5-10H,1-4H3. The largest absolute Gasteiger partial charge is 0.135 e. The van der Waals surface area contributed by atoms with Gasteiger partial charge in [0.05, 0.1) is 8.07 Å². The first-order valence-electron chi connectivity index (χ1n) is 6.39. The average molecular weight is 270 g/mol. The first kappa shape index (κ1) is 11.9. The second kappa shape index (κ2) is 3.94. The third-order valence-electron chi connectivity index (χ3n) is 3.46. The van der Waals surface area contributed by atoms with Crippen molar-refractivity contribution < 1.29 is 0 Å². The molecule has 0 saturated heterocycles. The van der Waals surface area contributed by atoms with E-state index in [1.54, 1.807) is 5.19 Å². The molecule has 0 spiro atoms. The number of hydrogen-bond acceptors (Lipinski definition) is 1. The molecule has 0 aliphatic heterocycles. The summed E-state index contributed by atoms with van der Waals surface area (Å²) in [5, 5.41) is 4.47. The van der Waals surface area contributed by atoms with Gasteiger partial charge >= 0.3 is 0 Å². The number of rotatable bonds is 1. The molecule has 92 valence electrons. The van der Waals surface area contributed by atoms with E-state index in [1.807, 2.05) is 11.3 Å². The highest BCUT2D eigenvalue weighted by molar-refractivity contribution is 7.27. The van der Waals surface area contributed by atoms with Crippen LogP contribution in [-0.2, 0) is 0 Å². The van der Waals surface area contributed by atoms with Gasteiger partial charge in [-0.15, -0.1) is 11.3 Å². The SMILES string of the molecule is Cc1ccc2sc3c([Si](C)(C)C)cccc3c2c1. The van der Waals surface area contributed by atoms with Crippen molar-refractivity contribution in [1.29, 1.82) is 0 Å². The van der Waals surface area contributed by atoms with E-state index in [-0.39, 0.29) is 0 Å². The first-order chi connectivity index (χ1) is 8.47. The normalized spacial score (nSPS) is 12.4. The Bertz CT molecular complexity index is 732. The van der Waals surface area contributed by atoms with Crippen LogP contribution >= 0.6 is 11.3 Å². The van der Waals surface area contributed by atoms with Crippen molar-refractivity contribution in [2.45, 2.75) is 26.6 Å². The molecular formula is C16H18SSi. The lowest BCUT2D eigenvalue weighted by molar-refractivity contribution is 1.52. The Morgan fingerprint density at radius 1 is 0.944 bits per heavy atom. The topological polar surface area (TPSA) is 0 Å². The fourth-order valence-electron chi connectivity index (χ4n) is 2.50. The summed E-state index contributed by atoms with van der Waals surface area (Å²) in [7, 11) is -1.26. The van der Waals surface area contributed by atoms with E-state index in [0.717, 1.165) is 0 Å². The average Bonchev–Trinajstić information content (AvgIpc) is 2.65. The van der Waals surface area contributed by atoms with Gasteiger partial charge in [-0.1, -0.05) is 49.5 Å². The Kier molecular flexibility index (Phi) is 2.61. The second-order valence-electron chi connectivity index (χ2n) is 6.03. The summed E-state index contributed by atoms with van der Waals surface area (Å²) in [5.74, 6) is 0. The maximum absolute atomic E-state index is 2.43. The van der Waals surface area contributed by atoms with E-state index in [0.29, 0.717) is 0 Å². The fourth-order valence-corrected chi connectivity index (χ4v) is 6.09. The van der Waals surface area contributed by atoms with Gasteiger partial charge in [-0.05, 0) is 24.2 Å². The highest BCUT2D eigenvalue weighted by Gasteiger charge is 2.20. The van der Waals surface area contributed by atoms with Crippen molar-refractivity contribution in [3.63, 3.8) is 0 Å². The summed E-state index contributed by atoms with van der Waals surface area (Å²) >= 11 is 1.96. The third-order valence-corrected chi connectivity index (χ3v) is 6.89. The lowest BCUT2D eigenvalue weighted by atomic mass is 10.1. The van der Waals surface area contributed by atoms with E-state index in [1.165, 1.54) is 25.7 Å². The van der Waals surface area contributed by atoms with Crippen molar-refractivity contribution in [2.75, 3.05) is 0 Å². The van der Waals surface area contributed by atoms with E-state index in [2.05, 4.69) is 63.0 Å². The van der Waals surface area contributed by atoms with Gasteiger partial charge in [0.25, 0.3) is 0 Å². The zero-order valence-electron chi connectivity index (χ0n) is 11.4. The number of aryl methyl sites for hydroxylation is 1. The molecule has 0 bridgehead atoms. The minimum absolute atomic E-state index is 1.26. The van der Waals surface area contributed by atoms with Crippen LogP contribution < -0.4 is 5.19 Å². The van der Waals surface area contributed by atoms with Gasteiger partial charge in [0.2, 0.25) is 0 Å². The molecular weight excluding hydrogens is 252 g/mol. The summed E-state index contributed by atoms with van der Waals surface area (Å²) in [5.41, 5.74) is 1.35. The quantitative estimate of drug-likeness (QED) is 0.551. The minimum Gasteiger partial charge on any atom is -0.135 e. The Balaban J connectivity index is 2.47. The van der Waals surface area contributed by atoms with Crippen LogP contribution in [0, 0.1) is 6.92 Å². The van der Waals surface area contributed by atoms with Crippen LogP contribution in [0.3, 0.4) is 0 Å². The molecule has 0 aliphatic rings. The van der Waals surface area contributed by atoms with Gasteiger partial charge in [0.15, 0.2) is 0 Å². The van der Waals surface area contributed by atoms with E-state index < -0.39 is 8.07 Å². The van der Waals surface area contributed by atoms with E-state index >= 15 is 0 Å². The molecule has 0 saturated carbocycles. The number of hydrogen-bond donors (Lipinski definition) is 0. The molecule has 0 fully saturated rings. The van der Waals surface area contributed by atoms with Crippen molar-refractivity contribution >= 4 is 44.8 Å². The fraction of sp³-hybridized carbons (Fsp3) is 0.250. The van der Waals surface area contributed by atoms with Crippen molar-refractivity contribution in [2.24, 2.45) is 0 Å². The Hall–Kier alpha value is -1.12. The molecule has 0 N–H and O–H groups in total. The molecule has 0 radical (unpaired) electrons. The molecule has 0 unspecified atom stereocenters. The maximum Gasteiger partial charge on any atom is 0.0794 e. The first-order valence-corrected chi connectivity index (χ1v) is 10.7. The molecule has 0 amide bonds. The molecule has 3 aromatic rings. The summed E-state index contributed by atoms with van der Waals surface area (Å²) in [6, 6.07) is 13.6. The van der Waals surface area contributed by atoms with Gasteiger partial charge in [-0.3, -0.25) is 0 Å².